The summed E-state index contributed by atoms with van der Waals surface area (Å²) in [5, 5.41) is 2.92. The second kappa shape index (κ2) is 6.05. The molecule has 2 aliphatic rings. The van der Waals surface area contributed by atoms with E-state index in [4.69, 9.17) is 18.9 Å². The summed E-state index contributed by atoms with van der Waals surface area (Å²) in [6.07, 6.45) is -0.706. The Hall–Kier alpha value is -2.73. The molecule has 24 heavy (non-hydrogen) atoms. The van der Waals surface area contributed by atoms with Crippen molar-refractivity contribution in [3.05, 3.63) is 47.5 Å². The molecule has 1 amide bonds. The Labute approximate surface area is 139 Å². The Morgan fingerprint density at radius 3 is 2.62 bits per heavy atom. The van der Waals surface area contributed by atoms with Crippen molar-refractivity contribution in [1.29, 1.82) is 0 Å². The quantitative estimate of drug-likeness (QED) is 0.919. The molecule has 2 aromatic carbocycles. The Kier molecular flexibility index (Phi) is 3.74. The highest BCUT2D eigenvalue weighted by Crippen LogP contribution is 2.37. The van der Waals surface area contributed by atoms with E-state index in [2.05, 4.69) is 5.32 Å². The molecular formula is C18H17NO5. The SMILES string of the molecule is Cc1cc2c(cc1NC(=O)[C@H]1OCOc3ccccc31)OCCO2. The van der Waals surface area contributed by atoms with Crippen molar-refractivity contribution in [2.45, 2.75) is 13.0 Å². The van der Waals surface area contributed by atoms with Crippen molar-refractivity contribution in [3.8, 4) is 17.2 Å². The third kappa shape index (κ3) is 2.65. The molecule has 1 atom stereocenters. The second-order valence-corrected chi connectivity index (χ2v) is 5.65. The summed E-state index contributed by atoms with van der Waals surface area (Å²) in [5.74, 6) is 1.76. The number of anilines is 1. The van der Waals surface area contributed by atoms with Crippen molar-refractivity contribution in [1.82, 2.24) is 0 Å². The van der Waals surface area contributed by atoms with E-state index in [1.54, 1.807) is 6.07 Å². The van der Waals surface area contributed by atoms with Gasteiger partial charge in [-0.2, -0.15) is 0 Å². The summed E-state index contributed by atoms with van der Waals surface area (Å²) in [7, 11) is 0. The maximum atomic E-state index is 12.7. The van der Waals surface area contributed by atoms with Crippen molar-refractivity contribution >= 4 is 11.6 Å². The smallest absolute Gasteiger partial charge is 0.258 e. The lowest BCUT2D eigenvalue weighted by atomic mass is 10.1. The van der Waals surface area contributed by atoms with Crippen LogP contribution in [0.2, 0.25) is 0 Å². The number of hydrogen-bond donors (Lipinski definition) is 1. The second-order valence-electron chi connectivity index (χ2n) is 5.65. The third-order valence-corrected chi connectivity index (χ3v) is 4.04. The molecule has 6 heteroatoms. The molecule has 4 rings (SSSR count). The van der Waals surface area contributed by atoms with Gasteiger partial charge in [-0.15, -0.1) is 0 Å². The fraction of sp³-hybridized carbons (Fsp3) is 0.278. The van der Waals surface area contributed by atoms with Crippen molar-refractivity contribution < 1.29 is 23.7 Å². The monoisotopic (exact) mass is 327 g/mol. The number of ether oxygens (including phenoxy) is 4. The van der Waals surface area contributed by atoms with Crippen LogP contribution in [0.5, 0.6) is 17.2 Å². The van der Waals surface area contributed by atoms with Gasteiger partial charge < -0.3 is 24.3 Å². The summed E-state index contributed by atoms with van der Waals surface area (Å²) in [6, 6.07) is 11.0. The topological polar surface area (TPSA) is 66.0 Å². The van der Waals surface area contributed by atoms with Gasteiger partial charge in [-0.1, -0.05) is 18.2 Å². The first-order valence-corrected chi connectivity index (χ1v) is 7.77. The molecule has 0 fully saturated rings. The van der Waals surface area contributed by atoms with E-state index in [-0.39, 0.29) is 12.7 Å². The lowest BCUT2D eigenvalue weighted by Crippen LogP contribution is -2.28. The van der Waals surface area contributed by atoms with Gasteiger partial charge in [-0.25, -0.2) is 0 Å². The highest BCUT2D eigenvalue weighted by Gasteiger charge is 2.29. The molecule has 6 nitrogen and oxygen atoms in total. The van der Waals surface area contributed by atoms with Crippen molar-refractivity contribution in [2.75, 3.05) is 25.3 Å². The minimum atomic E-state index is -0.706. The normalized spacial score (nSPS) is 18.3. The molecule has 0 bridgehead atoms. The summed E-state index contributed by atoms with van der Waals surface area (Å²) in [6.45, 7) is 2.99. The number of rotatable bonds is 2. The minimum Gasteiger partial charge on any atom is -0.486 e. The number of carbonyl (C=O) groups is 1. The van der Waals surface area contributed by atoms with Gasteiger partial charge in [-0.05, 0) is 24.6 Å². The van der Waals surface area contributed by atoms with Crippen LogP contribution >= 0.6 is 0 Å². The lowest BCUT2D eigenvalue weighted by molar-refractivity contribution is -0.136. The fourth-order valence-electron chi connectivity index (χ4n) is 2.82. The standard InChI is InChI=1S/C18H17NO5/c1-11-8-15-16(22-7-6-21-15)9-13(11)19-18(20)17-12-4-2-3-5-14(12)23-10-24-17/h2-5,8-9,17H,6-7,10H2,1H3,(H,19,20)/t17-/m0/s1. The van der Waals surface area contributed by atoms with Crippen molar-refractivity contribution in [2.24, 2.45) is 0 Å². The van der Waals surface area contributed by atoms with Gasteiger partial charge in [0.05, 0.1) is 0 Å². The molecule has 0 unspecified atom stereocenters. The molecule has 0 radical (unpaired) electrons. The molecule has 2 aromatic rings. The molecule has 1 N–H and O–H groups in total. The molecule has 0 spiro atoms. The van der Waals surface area contributed by atoms with Crippen LogP contribution in [-0.2, 0) is 9.53 Å². The summed E-state index contributed by atoms with van der Waals surface area (Å²) in [4.78, 5) is 12.7. The molecule has 0 saturated carbocycles. The molecule has 0 aliphatic carbocycles. The lowest BCUT2D eigenvalue weighted by Gasteiger charge is -2.26. The zero-order valence-corrected chi connectivity index (χ0v) is 13.2. The summed E-state index contributed by atoms with van der Waals surface area (Å²) >= 11 is 0. The number of carbonyl (C=O) groups excluding carboxylic acids is 1. The molecule has 124 valence electrons. The van der Waals surface area contributed by atoms with Crippen LogP contribution in [-0.4, -0.2) is 25.9 Å². The zero-order chi connectivity index (χ0) is 16.5. The largest absolute Gasteiger partial charge is 0.486 e. The first-order chi connectivity index (χ1) is 11.7. The van der Waals surface area contributed by atoms with E-state index in [1.165, 1.54) is 0 Å². The molecule has 0 aromatic heterocycles. The summed E-state index contributed by atoms with van der Waals surface area (Å²) in [5.41, 5.74) is 2.29. The Morgan fingerprint density at radius 2 is 1.79 bits per heavy atom. The number of fused-ring (bicyclic) bond motifs is 2. The maximum Gasteiger partial charge on any atom is 0.258 e. The highest BCUT2D eigenvalue weighted by molar-refractivity contribution is 5.96. The Balaban J connectivity index is 1.59. The van der Waals surface area contributed by atoms with E-state index in [0.717, 1.165) is 11.1 Å². The van der Waals surface area contributed by atoms with Crippen LogP contribution < -0.4 is 19.5 Å². The van der Waals surface area contributed by atoms with Gasteiger partial charge in [0.2, 0.25) is 0 Å². The number of nitrogens with one attached hydrogen (secondary N) is 1. The third-order valence-electron chi connectivity index (χ3n) is 4.04. The Bertz CT molecular complexity index is 789. The first-order valence-electron chi connectivity index (χ1n) is 7.77. The highest BCUT2D eigenvalue weighted by atomic mass is 16.7. The van der Waals surface area contributed by atoms with E-state index < -0.39 is 6.10 Å². The van der Waals surface area contributed by atoms with Crippen molar-refractivity contribution in [3.63, 3.8) is 0 Å². The molecule has 2 aliphatic heterocycles. The first kappa shape index (κ1) is 14.8. The number of benzene rings is 2. The van der Waals surface area contributed by atoms with E-state index in [9.17, 15) is 4.79 Å². The molecular weight excluding hydrogens is 310 g/mol. The van der Waals surface area contributed by atoms with Gasteiger partial charge in [0.15, 0.2) is 24.4 Å². The zero-order valence-electron chi connectivity index (χ0n) is 13.2. The molecule has 2 heterocycles. The van der Waals surface area contributed by atoms with Crippen LogP contribution in [0, 0.1) is 6.92 Å². The van der Waals surface area contributed by atoms with Crippen LogP contribution in [0.15, 0.2) is 36.4 Å². The van der Waals surface area contributed by atoms with Gasteiger partial charge in [0, 0.05) is 17.3 Å². The van der Waals surface area contributed by atoms with Gasteiger partial charge in [-0.3, -0.25) is 4.79 Å². The van der Waals surface area contributed by atoms with E-state index in [0.29, 0.717) is 36.1 Å². The molecule has 0 saturated heterocycles. The average molecular weight is 327 g/mol. The van der Waals surface area contributed by atoms with E-state index in [1.807, 2.05) is 37.3 Å². The van der Waals surface area contributed by atoms with Crippen LogP contribution in [0.3, 0.4) is 0 Å². The maximum absolute atomic E-state index is 12.7. The van der Waals surface area contributed by atoms with Crippen LogP contribution in [0.4, 0.5) is 5.69 Å². The Morgan fingerprint density at radius 1 is 1.04 bits per heavy atom. The van der Waals surface area contributed by atoms with Gasteiger partial charge in [0.25, 0.3) is 5.91 Å². The van der Waals surface area contributed by atoms with Gasteiger partial charge in [0.1, 0.15) is 19.0 Å². The van der Waals surface area contributed by atoms with Crippen LogP contribution in [0.25, 0.3) is 0 Å². The predicted molar refractivity (Wildman–Crippen MR) is 86.6 cm³/mol. The average Bonchev–Trinajstić information content (AvgIpc) is 2.62. The fourth-order valence-corrected chi connectivity index (χ4v) is 2.82. The predicted octanol–water partition coefficient (Wildman–Crippen LogP) is 2.81. The number of hydrogen-bond acceptors (Lipinski definition) is 5. The van der Waals surface area contributed by atoms with Gasteiger partial charge >= 0.3 is 0 Å². The van der Waals surface area contributed by atoms with Crippen LogP contribution in [0.1, 0.15) is 17.2 Å². The number of aryl methyl sites for hydroxylation is 1. The number of amides is 1. The summed E-state index contributed by atoms with van der Waals surface area (Å²) < 4.78 is 22.0. The minimum absolute atomic E-state index is 0.0508. The van der Waals surface area contributed by atoms with E-state index >= 15 is 0 Å². The number of para-hydroxylation sites is 1.